The van der Waals surface area contributed by atoms with Crippen LogP contribution in [0.15, 0.2) is 12.3 Å². The van der Waals surface area contributed by atoms with Crippen LogP contribution < -0.4 is 10.6 Å². The van der Waals surface area contributed by atoms with Gasteiger partial charge in [0.1, 0.15) is 0 Å². The summed E-state index contributed by atoms with van der Waals surface area (Å²) in [6.07, 6.45) is 3.81. The summed E-state index contributed by atoms with van der Waals surface area (Å²) < 4.78 is 0. The summed E-state index contributed by atoms with van der Waals surface area (Å²) in [5.41, 5.74) is 1.23. The van der Waals surface area contributed by atoms with Crippen LogP contribution in [0.4, 0.5) is 0 Å². The molecule has 0 amide bonds. The van der Waals surface area contributed by atoms with Crippen LogP contribution in [0.25, 0.3) is 0 Å². The third-order valence-electron chi connectivity index (χ3n) is 2.86. The largest absolute Gasteiger partial charge is 0.389 e. The van der Waals surface area contributed by atoms with Crippen LogP contribution in [-0.4, -0.2) is 19.6 Å². The summed E-state index contributed by atoms with van der Waals surface area (Å²) in [5.74, 6) is 1.43. The first-order valence-corrected chi connectivity index (χ1v) is 5.83. The van der Waals surface area contributed by atoms with Gasteiger partial charge in [-0.05, 0) is 31.7 Å². The monoisotopic (exact) mass is 196 g/mol. The molecule has 1 saturated heterocycles. The zero-order valence-electron chi connectivity index (χ0n) is 9.60. The van der Waals surface area contributed by atoms with Gasteiger partial charge in [0.25, 0.3) is 0 Å². The molecule has 1 heterocycles. The first-order chi connectivity index (χ1) is 6.70. The van der Waals surface area contributed by atoms with Crippen molar-refractivity contribution in [1.82, 2.24) is 10.6 Å². The Morgan fingerprint density at radius 1 is 1.57 bits per heavy atom. The molecular formula is C12H24N2. The molecule has 0 aromatic heterocycles. The second-order valence-corrected chi connectivity index (χ2v) is 4.68. The van der Waals surface area contributed by atoms with Gasteiger partial charge >= 0.3 is 0 Å². The summed E-state index contributed by atoms with van der Waals surface area (Å²) in [5, 5.41) is 6.86. The van der Waals surface area contributed by atoms with Gasteiger partial charge in [-0.3, -0.25) is 0 Å². The predicted molar refractivity (Wildman–Crippen MR) is 62.2 cm³/mol. The summed E-state index contributed by atoms with van der Waals surface area (Å²) in [7, 11) is 0. The van der Waals surface area contributed by atoms with Crippen LogP contribution >= 0.6 is 0 Å². The van der Waals surface area contributed by atoms with E-state index in [2.05, 4.69) is 31.1 Å². The fourth-order valence-electron chi connectivity index (χ4n) is 1.81. The number of nitrogens with one attached hydrogen (secondary N) is 2. The highest BCUT2D eigenvalue weighted by Crippen LogP contribution is 2.15. The Balaban J connectivity index is 2.13. The molecular weight excluding hydrogens is 172 g/mol. The second-order valence-electron chi connectivity index (χ2n) is 4.68. The van der Waals surface area contributed by atoms with Gasteiger partial charge in [-0.15, -0.1) is 0 Å². The lowest BCUT2D eigenvalue weighted by atomic mass is 9.96. The van der Waals surface area contributed by atoms with E-state index in [4.69, 9.17) is 0 Å². The Morgan fingerprint density at radius 2 is 2.36 bits per heavy atom. The van der Waals surface area contributed by atoms with Gasteiger partial charge in [0, 0.05) is 24.7 Å². The Morgan fingerprint density at radius 3 is 2.93 bits per heavy atom. The second kappa shape index (κ2) is 6.07. The number of hydrogen-bond donors (Lipinski definition) is 2. The van der Waals surface area contributed by atoms with Gasteiger partial charge < -0.3 is 10.6 Å². The molecule has 1 rings (SSSR count). The first kappa shape index (κ1) is 11.6. The molecule has 0 aliphatic carbocycles. The maximum absolute atomic E-state index is 4.12. The fourth-order valence-corrected chi connectivity index (χ4v) is 1.81. The van der Waals surface area contributed by atoms with Gasteiger partial charge in [0.15, 0.2) is 0 Å². The molecule has 0 unspecified atom stereocenters. The third kappa shape index (κ3) is 4.14. The van der Waals surface area contributed by atoms with Crippen molar-refractivity contribution < 1.29 is 0 Å². The molecule has 1 atom stereocenters. The molecule has 2 nitrogen and oxygen atoms in total. The topological polar surface area (TPSA) is 24.1 Å². The van der Waals surface area contributed by atoms with Crippen molar-refractivity contribution in [3.8, 4) is 0 Å². The zero-order chi connectivity index (χ0) is 10.4. The Hall–Kier alpha value is -0.500. The van der Waals surface area contributed by atoms with Gasteiger partial charge in [-0.1, -0.05) is 20.4 Å². The molecule has 1 fully saturated rings. The molecule has 0 bridgehead atoms. The first-order valence-electron chi connectivity index (χ1n) is 5.83. The Kier molecular flexibility index (Phi) is 5.02. The number of piperidine rings is 1. The average Bonchev–Trinajstić information content (AvgIpc) is 2.18. The van der Waals surface area contributed by atoms with Crippen molar-refractivity contribution in [2.75, 3.05) is 19.6 Å². The van der Waals surface area contributed by atoms with Gasteiger partial charge in [-0.25, -0.2) is 0 Å². The lowest BCUT2D eigenvalue weighted by Gasteiger charge is -2.25. The minimum absolute atomic E-state index is 0.649. The van der Waals surface area contributed by atoms with Gasteiger partial charge in [0.2, 0.25) is 0 Å². The zero-order valence-corrected chi connectivity index (χ0v) is 9.60. The minimum atomic E-state index is 0.649. The van der Waals surface area contributed by atoms with Crippen molar-refractivity contribution in [2.45, 2.75) is 33.1 Å². The van der Waals surface area contributed by atoms with E-state index in [1.165, 1.54) is 31.5 Å². The molecule has 0 aromatic rings. The van der Waals surface area contributed by atoms with E-state index < -0.39 is 0 Å². The molecule has 2 N–H and O–H groups in total. The number of rotatable bonds is 5. The molecule has 1 aliphatic rings. The van der Waals surface area contributed by atoms with E-state index in [1.54, 1.807) is 0 Å². The maximum Gasteiger partial charge on any atom is 0.0146 e. The minimum Gasteiger partial charge on any atom is -0.389 e. The van der Waals surface area contributed by atoms with Crippen LogP contribution in [0.3, 0.4) is 0 Å². The van der Waals surface area contributed by atoms with E-state index >= 15 is 0 Å². The van der Waals surface area contributed by atoms with Gasteiger partial charge in [-0.2, -0.15) is 0 Å². The lowest BCUT2D eigenvalue weighted by molar-refractivity contribution is 0.402. The van der Waals surface area contributed by atoms with E-state index in [9.17, 15) is 0 Å². The fraction of sp³-hybridized carbons (Fsp3) is 0.833. The van der Waals surface area contributed by atoms with E-state index in [0.717, 1.165) is 19.0 Å². The van der Waals surface area contributed by atoms with Crippen LogP contribution in [-0.2, 0) is 0 Å². The van der Waals surface area contributed by atoms with Crippen LogP contribution in [0.5, 0.6) is 0 Å². The Bertz CT molecular complexity index is 169. The van der Waals surface area contributed by atoms with Crippen molar-refractivity contribution in [1.29, 1.82) is 0 Å². The van der Waals surface area contributed by atoms with Crippen molar-refractivity contribution in [2.24, 2.45) is 11.8 Å². The van der Waals surface area contributed by atoms with Crippen molar-refractivity contribution in [3.05, 3.63) is 12.3 Å². The smallest absolute Gasteiger partial charge is 0.0146 e. The summed E-state index contributed by atoms with van der Waals surface area (Å²) in [4.78, 5) is 0. The van der Waals surface area contributed by atoms with Crippen LogP contribution in [0.1, 0.15) is 33.1 Å². The normalized spacial score (nSPS) is 22.4. The third-order valence-corrected chi connectivity index (χ3v) is 2.86. The van der Waals surface area contributed by atoms with E-state index in [-0.39, 0.29) is 0 Å². The van der Waals surface area contributed by atoms with Crippen molar-refractivity contribution in [3.63, 3.8) is 0 Å². The summed E-state index contributed by atoms with van der Waals surface area (Å²) in [6, 6.07) is 0. The highest BCUT2D eigenvalue weighted by molar-refractivity contribution is 5.00. The molecule has 1 aliphatic heterocycles. The molecule has 0 saturated carbocycles. The highest BCUT2D eigenvalue weighted by atomic mass is 14.9. The molecule has 0 radical (unpaired) electrons. The standard InChI is InChI=1S/C12H24N2/c1-10(2)6-8-14-11(3)12-5-4-7-13-9-12/h10,12-14H,3-9H2,1-2H3/t12-/m0/s1. The van der Waals surface area contributed by atoms with E-state index in [0.29, 0.717) is 5.92 Å². The van der Waals surface area contributed by atoms with Crippen LogP contribution in [0, 0.1) is 11.8 Å². The predicted octanol–water partition coefficient (Wildman–Crippen LogP) is 2.14. The Labute approximate surface area is 88.2 Å². The summed E-state index contributed by atoms with van der Waals surface area (Å²) >= 11 is 0. The molecule has 2 heteroatoms. The van der Waals surface area contributed by atoms with Crippen molar-refractivity contribution >= 4 is 0 Å². The molecule has 0 spiro atoms. The van der Waals surface area contributed by atoms with Crippen LogP contribution in [0.2, 0.25) is 0 Å². The molecule has 14 heavy (non-hydrogen) atoms. The van der Waals surface area contributed by atoms with Gasteiger partial charge in [0.05, 0.1) is 0 Å². The molecule has 82 valence electrons. The SMILES string of the molecule is C=C(NCCC(C)C)[C@H]1CCCNC1. The average molecular weight is 196 g/mol. The summed E-state index contributed by atoms with van der Waals surface area (Å²) in [6.45, 7) is 12.0. The maximum atomic E-state index is 4.12. The lowest BCUT2D eigenvalue weighted by Crippen LogP contribution is -2.34. The number of hydrogen-bond acceptors (Lipinski definition) is 2. The molecule has 0 aromatic carbocycles. The quantitative estimate of drug-likeness (QED) is 0.704. The highest BCUT2D eigenvalue weighted by Gasteiger charge is 2.15. The van der Waals surface area contributed by atoms with E-state index in [1.807, 2.05) is 0 Å².